The maximum absolute atomic E-state index is 11.9. The molecule has 0 aromatic heterocycles. The first kappa shape index (κ1) is 11.8. The van der Waals surface area contributed by atoms with Crippen molar-refractivity contribution in [1.82, 2.24) is 10.2 Å². The first-order valence-corrected chi connectivity index (χ1v) is 4.96. The molecule has 0 aromatic rings. The van der Waals surface area contributed by atoms with E-state index in [0.29, 0.717) is 19.1 Å². The molecular weight excluding hydrogens is 193 g/mol. The maximum Gasteiger partial charge on any atom is 0.401 e. The van der Waals surface area contributed by atoms with Crippen LogP contribution in [0.15, 0.2) is 0 Å². The standard InChI is InChI=1S/C9H17F3N2/c1-14(7-9(10,11)12)6-5-13-8-3-2-4-8/h8,13H,2-7H2,1H3. The highest BCUT2D eigenvalue weighted by molar-refractivity contribution is 4.76. The van der Waals surface area contributed by atoms with Gasteiger partial charge in [0.05, 0.1) is 6.54 Å². The first-order valence-electron chi connectivity index (χ1n) is 4.96. The highest BCUT2D eigenvalue weighted by Gasteiger charge is 2.28. The second-order valence-corrected chi connectivity index (χ2v) is 3.93. The Labute approximate surface area is 82.5 Å². The predicted molar refractivity (Wildman–Crippen MR) is 49.2 cm³/mol. The van der Waals surface area contributed by atoms with E-state index in [2.05, 4.69) is 5.32 Å². The van der Waals surface area contributed by atoms with E-state index in [-0.39, 0.29) is 0 Å². The van der Waals surface area contributed by atoms with Gasteiger partial charge in [-0.3, -0.25) is 4.90 Å². The molecule has 84 valence electrons. The van der Waals surface area contributed by atoms with Gasteiger partial charge in [0.2, 0.25) is 0 Å². The quantitative estimate of drug-likeness (QED) is 0.741. The molecule has 14 heavy (non-hydrogen) atoms. The first-order chi connectivity index (χ1) is 6.47. The molecule has 0 bridgehead atoms. The molecule has 2 nitrogen and oxygen atoms in total. The molecule has 1 fully saturated rings. The monoisotopic (exact) mass is 210 g/mol. The fourth-order valence-electron chi connectivity index (χ4n) is 1.46. The van der Waals surface area contributed by atoms with E-state index in [0.717, 1.165) is 0 Å². The van der Waals surface area contributed by atoms with Crippen LogP contribution < -0.4 is 5.32 Å². The Morgan fingerprint density at radius 1 is 1.36 bits per heavy atom. The van der Waals surface area contributed by atoms with Crippen molar-refractivity contribution in [2.24, 2.45) is 0 Å². The second kappa shape index (κ2) is 4.98. The molecule has 5 heteroatoms. The summed E-state index contributed by atoms with van der Waals surface area (Å²) >= 11 is 0. The third-order valence-corrected chi connectivity index (χ3v) is 2.48. The smallest absolute Gasteiger partial charge is 0.313 e. The lowest BCUT2D eigenvalue weighted by Crippen LogP contribution is -2.41. The number of hydrogen-bond donors (Lipinski definition) is 1. The van der Waals surface area contributed by atoms with Gasteiger partial charge in [-0.2, -0.15) is 13.2 Å². The lowest BCUT2D eigenvalue weighted by atomic mass is 9.93. The Bertz CT molecular complexity index is 166. The van der Waals surface area contributed by atoms with Gasteiger partial charge in [-0.15, -0.1) is 0 Å². The van der Waals surface area contributed by atoms with E-state index in [1.54, 1.807) is 0 Å². The van der Waals surface area contributed by atoms with Crippen molar-refractivity contribution in [2.75, 3.05) is 26.7 Å². The van der Waals surface area contributed by atoms with Gasteiger partial charge >= 0.3 is 6.18 Å². The van der Waals surface area contributed by atoms with Gasteiger partial charge in [0.15, 0.2) is 0 Å². The van der Waals surface area contributed by atoms with Gasteiger partial charge < -0.3 is 5.32 Å². The molecule has 0 aliphatic heterocycles. The molecule has 1 aliphatic rings. The zero-order valence-corrected chi connectivity index (χ0v) is 8.40. The molecule has 1 aliphatic carbocycles. The summed E-state index contributed by atoms with van der Waals surface area (Å²) in [6.45, 7) is 0.284. The van der Waals surface area contributed by atoms with Gasteiger partial charge in [-0.25, -0.2) is 0 Å². The van der Waals surface area contributed by atoms with Crippen LogP contribution >= 0.6 is 0 Å². The predicted octanol–water partition coefficient (Wildman–Crippen LogP) is 1.62. The summed E-state index contributed by atoms with van der Waals surface area (Å²) in [4.78, 5) is 1.30. The van der Waals surface area contributed by atoms with Crippen molar-refractivity contribution in [3.8, 4) is 0 Å². The summed E-state index contributed by atoms with van der Waals surface area (Å²) in [7, 11) is 1.50. The number of nitrogens with zero attached hydrogens (tertiary/aromatic N) is 1. The van der Waals surface area contributed by atoms with Crippen molar-refractivity contribution < 1.29 is 13.2 Å². The number of hydrogen-bond acceptors (Lipinski definition) is 2. The molecule has 0 radical (unpaired) electrons. The van der Waals surface area contributed by atoms with E-state index in [4.69, 9.17) is 0 Å². The third-order valence-electron chi connectivity index (χ3n) is 2.48. The molecule has 0 spiro atoms. The Kier molecular flexibility index (Phi) is 4.19. The Morgan fingerprint density at radius 2 is 2.00 bits per heavy atom. The lowest BCUT2D eigenvalue weighted by Gasteiger charge is -2.27. The number of likely N-dealkylation sites (N-methyl/N-ethyl adjacent to an activating group) is 1. The molecule has 1 rings (SSSR count). The van der Waals surface area contributed by atoms with E-state index in [1.807, 2.05) is 0 Å². The highest BCUT2D eigenvalue weighted by Crippen LogP contribution is 2.18. The normalized spacial score (nSPS) is 18.6. The van der Waals surface area contributed by atoms with Crippen LogP contribution in [0.25, 0.3) is 0 Å². The van der Waals surface area contributed by atoms with Gasteiger partial charge in [0, 0.05) is 19.1 Å². The number of rotatable bonds is 5. The molecule has 1 saturated carbocycles. The average Bonchev–Trinajstić information content (AvgIpc) is 1.90. The van der Waals surface area contributed by atoms with Gasteiger partial charge in [-0.05, 0) is 19.9 Å². The zero-order chi connectivity index (χ0) is 10.6. The minimum Gasteiger partial charge on any atom is -0.313 e. The molecule has 0 unspecified atom stereocenters. The van der Waals surface area contributed by atoms with Gasteiger partial charge in [0.1, 0.15) is 0 Å². The Morgan fingerprint density at radius 3 is 2.43 bits per heavy atom. The van der Waals surface area contributed by atoms with E-state index in [1.165, 1.54) is 31.2 Å². The molecule has 0 amide bonds. The van der Waals surface area contributed by atoms with Crippen LogP contribution in [0.3, 0.4) is 0 Å². The number of nitrogens with one attached hydrogen (secondary N) is 1. The van der Waals surface area contributed by atoms with Crippen LogP contribution in [0.2, 0.25) is 0 Å². The Balaban J connectivity index is 1.99. The van der Waals surface area contributed by atoms with Crippen LogP contribution in [0, 0.1) is 0 Å². The van der Waals surface area contributed by atoms with Gasteiger partial charge in [-0.1, -0.05) is 6.42 Å². The summed E-state index contributed by atoms with van der Waals surface area (Å²) in [6.07, 6.45) is -0.493. The topological polar surface area (TPSA) is 15.3 Å². The highest BCUT2D eigenvalue weighted by atomic mass is 19.4. The fourth-order valence-corrected chi connectivity index (χ4v) is 1.46. The molecule has 1 N–H and O–H groups in total. The minimum atomic E-state index is -4.08. The largest absolute Gasteiger partial charge is 0.401 e. The summed E-state index contributed by atoms with van der Waals surface area (Å²) in [5.41, 5.74) is 0. The minimum absolute atomic E-state index is 0.454. The zero-order valence-electron chi connectivity index (χ0n) is 8.40. The lowest BCUT2D eigenvalue weighted by molar-refractivity contribution is -0.142. The summed E-state index contributed by atoms with van der Waals surface area (Å²) in [5, 5.41) is 3.23. The van der Waals surface area contributed by atoms with Gasteiger partial charge in [0.25, 0.3) is 0 Å². The third kappa shape index (κ3) is 4.81. The Hall–Kier alpha value is -0.290. The van der Waals surface area contributed by atoms with Crippen molar-refractivity contribution in [1.29, 1.82) is 0 Å². The van der Waals surface area contributed by atoms with Crippen LogP contribution in [-0.2, 0) is 0 Å². The van der Waals surface area contributed by atoms with Crippen molar-refractivity contribution >= 4 is 0 Å². The number of halogens is 3. The SMILES string of the molecule is CN(CCNC1CCC1)CC(F)(F)F. The van der Waals surface area contributed by atoms with E-state index < -0.39 is 12.7 Å². The van der Waals surface area contributed by atoms with Crippen LogP contribution in [0.5, 0.6) is 0 Å². The van der Waals surface area contributed by atoms with E-state index in [9.17, 15) is 13.2 Å². The average molecular weight is 210 g/mol. The molecule has 0 heterocycles. The summed E-state index contributed by atoms with van der Waals surface area (Å²) < 4.78 is 35.7. The second-order valence-electron chi connectivity index (χ2n) is 3.93. The maximum atomic E-state index is 11.9. The molecular formula is C9H17F3N2. The van der Waals surface area contributed by atoms with Crippen molar-refractivity contribution in [2.45, 2.75) is 31.5 Å². The van der Waals surface area contributed by atoms with E-state index >= 15 is 0 Å². The fraction of sp³-hybridized carbons (Fsp3) is 1.00. The van der Waals surface area contributed by atoms with Crippen molar-refractivity contribution in [3.63, 3.8) is 0 Å². The molecule has 0 aromatic carbocycles. The summed E-state index contributed by atoms with van der Waals surface area (Å²) in [5.74, 6) is 0. The molecule has 0 saturated heterocycles. The molecule has 0 atom stereocenters. The van der Waals surface area contributed by atoms with Crippen LogP contribution in [0.1, 0.15) is 19.3 Å². The van der Waals surface area contributed by atoms with Crippen molar-refractivity contribution in [3.05, 3.63) is 0 Å². The van der Waals surface area contributed by atoms with Crippen LogP contribution in [0.4, 0.5) is 13.2 Å². The summed E-state index contributed by atoms with van der Waals surface area (Å²) in [6, 6.07) is 0.550. The number of alkyl halides is 3. The van der Waals surface area contributed by atoms with Crippen LogP contribution in [-0.4, -0.2) is 43.8 Å².